The van der Waals surface area contributed by atoms with Crippen molar-refractivity contribution in [2.24, 2.45) is 5.92 Å². The number of amides is 1. The number of carbonyl (C=O) groups is 2. The van der Waals surface area contributed by atoms with Crippen LogP contribution in [0.4, 0.5) is 13.2 Å². The monoisotopic (exact) mass is 342 g/mol. The van der Waals surface area contributed by atoms with E-state index in [0.29, 0.717) is 0 Å². The Balaban J connectivity index is 2.96. The summed E-state index contributed by atoms with van der Waals surface area (Å²) in [6.07, 6.45) is -6.04. The highest BCUT2D eigenvalue weighted by molar-refractivity contribution is 6.05. The van der Waals surface area contributed by atoms with Gasteiger partial charge in [0.25, 0.3) is 0 Å². The number of alkyl halides is 3. The Labute approximate surface area is 137 Å². The number of hydrogen-bond acceptors (Lipinski definition) is 4. The summed E-state index contributed by atoms with van der Waals surface area (Å²) in [5, 5.41) is 11.4. The number of ether oxygens (including phenoxy) is 1. The van der Waals surface area contributed by atoms with Gasteiger partial charge in [-0.15, -0.1) is 0 Å². The van der Waals surface area contributed by atoms with Gasteiger partial charge in [-0.25, -0.2) is 0 Å². The Hall–Kier alpha value is -2.56. The van der Waals surface area contributed by atoms with E-state index < -0.39 is 41.2 Å². The summed E-state index contributed by atoms with van der Waals surface area (Å²) >= 11 is 0. The second kappa shape index (κ2) is 7.81. The molecule has 130 valence electrons. The van der Waals surface area contributed by atoms with Gasteiger partial charge in [0.2, 0.25) is 5.91 Å². The largest absolute Gasteiger partial charge is 0.482 e. The van der Waals surface area contributed by atoms with Crippen LogP contribution in [-0.2, 0) is 15.8 Å². The molecule has 5 nitrogen and oxygen atoms in total. The lowest BCUT2D eigenvalue weighted by Crippen LogP contribution is -2.42. The Bertz CT molecular complexity index is 651. The fourth-order valence-electron chi connectivity index (χ4n) is 1.91. The van der Waals surface area contributed by atoms with E-state index in [2.05, 4.69) is 5.32 Å². The standard InChI is InChI=1S/C16H17F3N2O3/c1-9(2)21-15(23)11(8-20)14(22)10(3)24-13-7-5-4-6-12(13)16(17,18)19/h4-7,9-11H,1-3H3,(H,21,23). The number of Topliss-reactive ketones (excluding diaryl/α,β-unsaturated/α-hetero) is 1. The van der Waals surface area contributed by atoms with Gasteiger partial charge in [-0.05, 0) is 32.9 Å². The van der Waals surface area contributed by atoms with E-state index in [-0.39, 0.29) is 6.04 Å². The molecule has 1 aromatic rings. The number of hydrogen-bond donors (Lipinski definition) is 1. The number of benzene rings is 1. The van der Waals surface area contributed by atoms with E-state index in [4.69, 9.17) is 10.00 Å². The third kappa shape index (κ3) is 4.98. The summed E-state index contributed by atoms with van der Waals surface area (Å²) in [6.45, 7) is 4.50. The van der Waals surface area contributed by atoms with Crippen LogP contribution in [0.5, 0.6) is 5.75 Å². The van der Waals surface area contributed by atoms with Crippen LogP contribution in [0.15, 0.2) is 24.3 Å². The first kappa shape index (κ1) is 19.5. The van der Waals surface area contributed by atoms with Crippen LogP contribution >= 0.6 is 0 Å². The van der Waals surface area contributed by atoms with Crippen molar-refractivity contribution in [3.63, 3.8) is 0 Å². The average molecular weight is 342 g/mol. The molecule has 1 rings (SSSR count). The van der Waals surface area contributed by atoms with Gasteiger partial charge in [0.05, 0.1) is 11.6 Å². The van der Waals surface area contributed by atoms with E-state index >= 15 is 0 Å². The number of ketones is 1. The van der Waals surface area contributed by atoms with E-state index in [1.165, 1.54) is 19.1 Å². The highest BCUT2D eigenvalue weighted by Gasteiger charge is 2.36. The molecule has 0 spiro atoms. The van der Waals surface area contributed by atoms with Crippen LogP contribution in [-0.4, -0.2) is 23.8 Å². The molecule has 0 saturated heterocycles. The summed E-state index contributed by atoms with van der Waals surface area (Å²) in [5.74, 6) is -3.91. The minimum absolute atomic E-state index is 0.289. The van der Waals surface area contributed by atoms with Gasteiger partial charge in [-0.2, -0.15) is 18.4 Å². The Kier molecular flexibility index (Phi) is 6.35. The summed E-state index contributed by atoms with van der Waals surface area (Å²) < 4.78 is 43.8. The molecule has 0 aliphatic carbocycles. The number of para-hydroxylation sites is 1. The topological polar surface area (TPSA) is 79.2 Å². The molecule has 0 aromatic heterocycles. The summed E-state index contributed by atoms with van der Waals surface area (Å²) in [7, 11) is 0. The molecule has 0 fully saturated rings. The molecule has 2 unspecified atom stereocenters. The molecule has 24 heavy (non-hydrogen) atoms. The highest BCUT2D eigenvalue weighted by Crippen LogP contribution is 2.36. The molecule has 0 radical (unpaired) electrons. The van der Waals surface area contributed by atoms with Crippen molar-refractivity contribution in [2.45, 2.75) is 39.1 Å². The first-order chi connectivity index (χ1) is 11.1. The third-order valence-corrected chi connectivity index (χ3v) is 3.00. The zero-order chi connectivity index (χ0) is 18.5. The maximum absolute atomic E-state index is 12.9. The van der Waals surface area contributed by atoms with Gasteiger partial charge < -0.3 is 10.1 Å². The predicted molar refractivity (Wildman–Crippen MR) is 78.9 cm³/mol. The zero-order valence-electron chi connectivity index (χ0n) is 13.3. The fraction of sp³-hybridized carbons (Fsp3) is 0.438. The maximum Gasteiger partial charge on any atom is 0.419 e. The van der Waals surface area contributed by atoms with Crippen molar-refractivity contribution in [2.75, 3.05) is 0 Å². The van der Waals surface area contributed by atoms with E-state index in [9.17, 15) is 22.8 Å². The maximum atomic E-state index is 12.9. The Morgan fingerprint density at radius 3 is 2.29 bits per heavy atom. The van der Waals surface area contributed by atoms with Crippen molar-refractivity contribution in [1.29, 1.82) is 5.26 Å². The fourth-order valence-corrected chi connectivity index (χ4v) is 1.91. The second-order valence-corrected chi connectivity index (χ2v) is 5.38. The van der Waals surface area contributed by atoms with Crippen molar-refractivity contribution in [1.82, 2.24) is 5.32 Å². The third-order valence-electron chi connectivity index (χ3n) is 3.00. The smallest absolute Gasteiger partial charge is 0.419 e. The van der Waals surface area contributed by atoms with Crippen molar-refractivity contribution in [3.05, 3.63) is 29.8 Å². The van der Waals surface area contributed by atoms with Crippen molar-refractivity contribution < 1.29 is 27.5 Å². The van der Waals surface area contributed by atoms with Gasteiger partial charge in [-0.3, -0.25) is 9.59 Å². The van der Waals surface area contributed by atoms with Gasteiger partial charge in [-0.1, -0.05) is 12.1 Å². The predicted octanol–water partition coefficient (Wildman–Crippen LogP) is 2.71. The van der Waals surface area contributed by atoms with E-state index in [0.717, 1.165) is 12.1 Å². The molecule has 8 heteroatoms. The molecule has 0 saturated carbocycles. The van der Waals surface area contributed by atoms with Crippen LogP contribution in [0.1, 0.15) is 26.3 Å². The number of nitriles is 1. The summed E-state index contributed by atoms with van der Waals surface area (Å²) in [4.78, 5) is 24.0. The Morgan fingerprint density at radius 2 is 1.79 bits per heavy atom. The number of nitrogens with zero attached hydrogens (tertiary/aromatic N) is 1. The molecular weight excluding hydrogens is 325 g/mol. The highest BCUT2D eigenvalue weighted by atomic mass is 19.4. The molecule has 0 bridgehead atoms. The molecule has 1 N–H and O–H groups in total. The average Bonchev–Trinajstić information content (AvgIpc) is 2.46. The number of carbonyl (C=O) groups excluding carboxylic acids is 2. The zero-order valence-corrected chi connectivity index (χ0v) is 13.3. The summed E-state index contributed by atoms with van der Waals surface area (Å²) in [6, 6.07) is 5.68. The molecule has 0 heterocycles. The van der Waals surface area contributed by atoms with E-state index in [1.54, 1.807) is 19.9 Å². The first-order valence-electron chi connectivity index (χ1n) is 7.14. The van der Waals surface area contributed by atoms with Crippen molar-refractivity contribution >= 4 is 11.7 Å². The lowest BCUT2D eigenvalue weighted by Gasteiger charge is -2.19. The Morgan fingerprint density at radius 1 is 1.21 bits per heavy atom. The summed E-state index contributed by atoms with van der Waals surface area (Å²) in [5.41, 5.74) is -1.04. The first-order valence-corrected chi connectivity index (χ1v) is 7.14. The van der Waals surface area contributed by atoms with Gasteiger partial charge in [0.15, 0.2) is 17.8 Å². The van der Waals surface area contributed by atoms with Crippen LogP contribution < -0.4 is 10.1 Å². The van der Waals surface area contributed by atoms with Crippen LogP contribution in [0.25, 0.3) is 0 Å². The van der Waals surface area contributed by atoms with Gasteiger partial charge in [0, 0.05) is 6.04 Å². The van der Waals surface area contributed by atoms with Crippen LogP contribution in [0, 0.1) is 17.2 Å². The molecule has 1 amide bonds. The molecule has 1 aromatic carbocycles. The SMILES string of the molecule is CC(C)NC(=O)C(C#N)C(=O)C(C)Oc1ccccc1C(F)(F)F. The molecular formula is C16H17F3N2O3. The minimum atomic E-state index is -4.65. The lowest BCUT2D eigenvalue weighted by molar-refractivity contribution is -0.142. The molecule has 0 aliphatic rings. The van der Waals surface area contributed by atoms with Gasteiger partial charge >= 0.3 is 6.18 Å². The van der Waals surface area contributed by atoms with E-state index in [1.807, 2.05) is 0 Å². The number of rotatable bonds is 6. The van der Waals surface area contributed by atoms with Crippen LogP contribution in [0.3, 0.4) is 0 Å². The van der Waals surface area contributed by atoms with Gasteiger partial charge in [0.1, 0.15) is 5.75 Å². The normalized spacial score (nSPS) is 13.8. The lowest BCUT2D eigenvalue weighted by atomic mass is 10.0. The van der Waals surface area contributed by atoms with Crippen LogP contribution in [0.2, 0.25) is 0 Å². The van der Waals surface area contributed by atoms with Crippen molar-refractivity contribution in [3.8, 4) is 11.8 Å². The molecule has 0 aliphatic heterocycles. The number of halogens is 3. The minimum Gasteiger partial charge on any atom is -0.482 e. The number of nitrogens with one attached hydrogen (secondary N) is 1. The quantitative estimate of drug-likeness (QED) is 0.806. The second-order valence-electron chi connectivity index (χ2n) is 5.38. The molecule has 2 atom stereocenters.